The molecule has 1 saturated carbocycles. The van der Waals surface area contributed by atoms with Gasteiger partial charge in [0.2, 0.25) is 0 Å². The van der Waals surface area contributed by atoms with E-state index in [0.717, 1.165) is 25.3 Å². The third-order valence-electron chi connectivity index (χ3n) is 3.55. The van der Waals surface area contributed by atoms with Gasteiger partial charge in [0.05, 0.1) is 5.75 Å². The van der Waals surface area contributed by atoms with Crippen LogP contribution in [0, 0.1) is 11.8 Å². The van der Waals surface area contributed by atoms with Crippen molar-refractivity contribution in [3.63, 3.8) is 0 Å². The standard InChI is InChI=1S/C10H19NO2S/c1-14(12,13)7-8-2-3-10-9(6-8)4-5-11-10/h8-11H,2-7H2,1H3. The average molecular weight is 217 g/mol. The predicted octanol–water partition coefficient (Wildman–Crippen LogP) is 0.809. The number of rotatable bonds is 2. The van der Waals surface area contributed by atoms with Gasteiger partial charge in [0.25, 0.3) is 0 Å². The highest BCUT2D eigenvalue weighted by Crippen LogP contribution is 2.34. The fourth-order valence-electron chi connectivity index (χ4n) is 2.98. The molecule has 2 rings (SSSR count). The highest BCUT2D eigenvalue weighted by atomic mass is 32.2. The smallest absolute Gasteiger partial charge is 0.147 e. The lowest BCUT2D eigenvalue weighted by molar-refractivity contribution is 0.261. The molecule has 0 aromatic heterocycles. The predicted molar refractivity (Wildman–Crippen MR) is 56.9 cm³/mol. The van der Waals surface area contributed by atoms with Gasteiger partial charge in [-0.05, 0) is 44.1 Å². The molecule has 0 bridgehead atoms. The third-order valence-corrected chi connectivity index (χ3v) is 4.63. The van der Waals surface area contributed by atoms with Crippen molar-refractivity contribution in [1.82, 2.24) is 5.32 Å². The molecular formula is C10H19NO2S. The van der Waals surface area contributed by atoms with Crippen LogP contribution in [-0.2, 0) is 9.84 Å². The molecule has 1 heterocycles. The Hall–Kier alpha value is -0.0900. The Kier molecular flexibility index (Phi) is 2.84. The Morgan fingerprint density at radius 3 is 2.79 bits per heavy atom. The summed E-state index contributed by atoms with van der Waals surface area (Å²) in [5.41, 5.74) is 0. The Morgan fingerprint density at radius 2 is 2.07 bits per heavy atom. The first-order valence-electron chi connectivity index (χ1n) is 5.46. The van der Waals surface area contributed by atoms with Gasteiger partial charge < -0.3 is 5.32 Å². The van der Waals surface area contributed by atoms with Crippen molar-refractivity contribution in [2.75, 3.05) is 18.6 Å². The van der Waals surface area contributed by atoms with E-state index in [4.69, 9.17) is 0 Å². The van der Waals surface area contributed by atoms with Gasteiger partial charge in [-0.2, -0.15) is 0 Å². The van der Waals surface area contributed by atoms with Crippen LogP contribution in [0.25, 0.3) is 0 Å². The molecule has 1 aliphatic heterocycles. The largest absolute Gasteiger partial charge is 0.314 e. The Bertz CT molecular complexity index is 299. The fourth-order valence-corrected chi connectivity index (χ4v) is 4.14. The molecule has 1 N–H and O–H groups in total. The summed E-state index contributed by atoms with van der Waals surface area (Å²) in [6.45, 7) is 1.13. The molecule has 3 nitrogen and oxygen atoms in total. The van der Waals surface area contributed by atoms with E-state index in [2.05, 4.69) is 5.32 Å². The highest BCUT2D eigenvalue weighted by Gasteiger charge is 2.34. The molecule has 82 valence electrons. The second-order valence-electron chi connectivity index (χ2n) is 4.88. The number of nitrogens with one attached hydrogen (secondary N) is 1. The van der Waals surface area contributed by atoms with Crippen molar-refractivity contribution >= 4 is 9.84 Å². The van der Waals surface area contributed by atoms with Crippen LogP contribution in [0.3, 0.4) is 0 Å². The maximum atomic E-state index is 11.2. The quantitative estimate of drug-likeness (QED) is 0.744. The molecule has 0 radical (unpaired) electrons. The number of hydrogen-bond donors (Lipinski definition) is 1. The molecule has 3 unspecified atom stereocenters. The normalized spacial score (nSPS) is 38.2. The second-order valence-corrected chi connectivity index (χ2v) is 7.07. The van der Waals surface area contributed by atoms with Crippen molar-refractivity contribution in [3.05, 3.63) is 0 Å². The molecule has 3 atom stereocenters. The van der Waals surface area contributed by atoms with Crippen LogP contribution >= 0.6 is 0 Å². The summed E-state index contributed by atoms with van der Waals surface area (Å²) in [4.78, 5) is 0. The topological polar surface area (TPSA) is 46.2 Å². The fraction of sp³-hybridized carbons (Fsp3) is 1.00. The van der Waals surface area contributed by atoms with Gasteiger partial charge in [0, 0.05) is 12.3 Å². The van der Waals surface area contributed by atoms with Crippen LogP contribution in [0.15, 0.2) is 0 Å². The number of hydrogen-bond acceptors (Lipinski definition) is 3. The van der Waals surface area contributed by atoms with Crippen LogP contribution < -0.4 is 5.32 Å². The average Bonchev–Trinajstić information content (AvgIpc) is 2.47. The lowest BCUT2D eigenvalue weighted by atomic mass is 9.79. The van der Waals surface area contributed by atoms with E-state index < -0.39 is 9.84 Å². The van der Waals surface area contributed by atoms with E-state index in [1.54, 1.807) is 0 Å². The van der Waals surface area contributed by atoms with Crippen molar-refractivity contribution in [3.8, 4) is 0 Å². The summed E-state index contributed by atoms with van der Waals surface area (Å²) in [5.74, 6) is 1.57. The monoisotopic (exact) mass is 217 g/mol. The van der Waals surface area contributed by atoms with E-state index in [9.17, 15) is 8.42 Å². The van der Waals surface area contributed by atoms with Gasteiger partial charge in [-0.1, -0.05) is 0 Å². The molecule has 1 saturated heterocycles. The maximum absolute atomic E-state index is 11.2. The zero-order valence-electron chi connectivity index (χ0n) is 8.70. The van der Waals surface area contributed by atoms with Crippen LogP contribution in [-0.4, -0.2) is 33.0 Å². The van der Waals surface area contributed by atoms with Crippen molar-refractivity contribution in [2.45, 2.75) is 31.7 Å². The van der Waals surface area contributed by atoms with Gasteiger partial charge in [0.15, 0.2) is 0 Å². The summed E-state index contributed by atoms with van der Waals surface area (Å²) >= 11 is 0. The van der Waals surface area contributed by atoms with E-state index in [1.165, 1.54) is 19.1 Å². The van der Waals surface area contributed by atoms with Gasteiger partial charge >= 0.3 is 0 Å². The van der Waals surface area contributed by atoms with Crippen LogP contribution in [0.1, 0.15) is 25.7 Å². The molecule has 2 aliphatic rings. The third kappa shape index (κ3) is 2.48. The molecule has 2 fully saturated rings. The first-order valence-corrected chi connectivity index (χ1v) is 7.52. The van der Waals surface area contributed by atoms with E-state index in [1.807, 2.05) is 0 Å². The minimum absolute atomic E-state index is 0.399. The molecule has 14 heavy (non-hydrogen) atoms. The Morgan fingerprint density at radius 1 is 1.29 bits per heavy atom. The van der Waals surface area contributed by atoms with Crippen LogP contribution in [0.5, 0.6) is 0 Å². The van der Waals surface area contributed by atoms with Gasteiger partial charge in [-0.3, -0.25) is 0 Å². The molecule has 4 heteroatoms. The highest BCUT2D eigenvalue weighted by molar-refractivity contribution is 7.90. The van der Waals surface area contributed by atoms with E-state index in [0.29, 0.717) is 17.7 Å². The molecule has 0 amide bonds. The van der Waals surface area contributed by atoms with Gasteiger partial charge in [0.1, 0.15) is 9.84 Å². The molecule has 1 aliphatic carbocycles. The Labute approximate surface area is 86.2 Å². The van der Waals surface area contributed by atoms with Crippen molar-refractivity contribution in [2.24, 2.45) is 11.8 Å². The number of sulfone groups is 1. The summed E-state index contributed by atoms with van der Waals surface area (Å²) < 4.78 is 22.4. The van der Waals surface area contributed by atoms with Crippen molar-refractivity contribution in [1.29, 1.82) is 0 Å². The zero-order valence-corrected chi connectivity index (χ0v) is 9.52. The van der Waals surface area contributed by atoms with Gasteiger partial charge in [-0.25, -0.2) is 8.42 Å². The number of fused-ring (bicyclic) bond motifs is 1. The van der Waals surface area contributed by atoms with Crippen LogP contribution in [0.4, 0.5) is 0 Å². The summed E-state index contributed by atoms with van der Waals surface area (Å²) in [5, 5.41) is 3.49. The summed E-state index contributed by atoms with van der Waals surface area (Å²) in [7, 11) is -2.77. The molecule has 0 aromatic carbocycles. The Balaban J connectivity index is 1.91. The SMILES string of the molecule is CS(=O)(=O)CC1CCC2NCCC2C1. The summed E-state index contributed by atoms with van der Waals surface area (Å²) in [6, 6.07) is 0.686. The van der Waals surface area contributed by atoms with Crippen LogP contribution in [0.2, 0.25) is 0 Å². The lowest BCUT2D eigenvalue weighted by Gasteiger charge is -2.31. The molecule has 0 spiro atoms. The van der Waals surface area contributed by atoms with E-state index >= 15 is 0 Å². The first-order chi connectivity index (χ1) is 6.54. The minimum atomic E-state index is -2.77. The maximum Gasteiger partial charge on any atom is 0.147 e. The first kappa shape index (κ1) is 10.4. The van der Waals surface area contributed by atoms with E-state index in [-0.39, 0.29) is 0 Å². The zero-order chi connectivity index (χ0) is 10.2. The minimum Gasteiger partial charge on any atom is -0.314 e. The lowest BCUT2D eigenvalue weighted by Crippen LogP contribution is -2.34. The van der Waals surface area contributed by atoms with Crippen molar-refractivity contribution < 1.29 is 8.42 Å². The second kappa shape index (κ2) is 3.81. The molecule has 0 aromatic rings. The summed E-state index contributed by atoms with van der Waals surface area (Å²) in [6.07, 6.45) is 5.97. The molecular weight excluding hydrogens is 198 g/mol. The van der Waals surface area contributed by atoms with Gasteiger partial charge in [-0.15, -0.1) is 0 Å².